The number of hydrogen-bond donors (Lipinski definition) is 3. The Morgan fingerprint density at radius 2 is 1.10 bits per heavy atom. The Kier molecular flexibility index (Phi) is 32.6. The van der Waals surface area contributed by atoms with Crippen LogP contribution in [0.5, 0.6) is 0 Å². The smallest absolute Gasteiger partial charge is 0.391 e. The van der Waals surface area contributed by atoms with Crippen molar-refractivity contribution in [3.8, 4) is 0 Å². The zero-order chi connectivity index (χ0) is 36.5. The van der Waals surface area contributed by atoms with Crippen molar-refractivity contribution < 1.29 is 32.9 Å². The number of unbranched alkanes of at least 4 members (excludes halogenated alkanes) is 22. The van der Waals surface area contributed by atoms with Gasteiger partial charge in [0.15, 0.2) is 0 Å². The fourth-order valence-electron chi connectivity index (χ4n) is 5.92. The van der Waals surface area contributed by atoms with Crippen LogP contribution >= 0.6 is 7.82 Å². The number of aliphatic hydroxyl groups excluding tert-OH is 1. The summed E-state index contributed by atoms with van der Waals surface area (Å²) in [6, 6.07) is -0.769. The first kappa shape index (κ1) is 48.2. The number of rotatable bonds is 37. The third-order valence-electron chi connectivity index (χ3n) is 9.26. The van der Waals surface area contributed by atoms with Gasteiger partial charge in [-0.25, -0.2) is 4.57 Å². The van der Waals surface area contributed by atoms with E-state index >= 15 is 0 Å². The molecule has 49 heavy (non-hydrogen) atoms. The second-order valence-electron chi connectivity index (χ2n) is 15.4. The molecule has 0 saturated carbocycles. The molecule has 0 rings (SSSR count). The van der Waals surface area contributed by atoms with Crippen molar-refractivity contribution in [3.63, 3.8) is 0 Å². The molecule has 0 aliphatic carbocycles. The van der Waals surface area contributed by atoms with E-state index in [-0.39, 0.29) is 19.1 Å². The Labute approximate surface area is 303 Å². The normalized spacial score (nSPS) is 14.7. The first-order chi connectivity index (χ1) is 23.5. The molecule has 1 unspecified atom stereocenters. The largest absolute Gasteiger partial charge is 0.472 e. The van der Waals surface area contributed by atoms with Crippen molar-refractivity contribution in [1.29, 1.82) is 0 Å². The molecule has 1 amide bonds. The van der Waals surface area contributed by atoms with Gasteiger partial charge < -0.3 is 19.8 Å². The number of amides is 1. The zero-order valence-corrected chi connectivity index (χ0v) is 33.8. The molecule has 0 aromatic rings. The standard InChI is InChI=1S/C40H81N2O6P/c1-6-8-10-12-14-16-18-19-20-21-22-23-24-26-28-30-32-34-40(44)41-38(37-48-49(45,46)47-36-35-42(3,4)5)39(43)33-31-29-27-25-17-15-13-11-9-7-2/h17,25,38-39,43H,6-16,18-24,26-37H2,1-5H3,(H-,41,44,45,46)/p+1/b25-17+/t38-,39+/m0/s1. The van der Waals surface area contributed by atoms with E-state index in [9.17, 15) is 19.4 Å². The molecule has 0 heterocycles. The maximum Gasteiger partial charge on any atom is 0.472 e. The fourth-order valence-corrected chi connectivity index (χ4v) is 6.66. The number of hydrogen-bond acceptors (Lipinski definition) is 5. The Balaban J connectivity index is 4.35. The Bertz CT molecular complexity index is 819. The van der Waals surface area contributed by atoms with Gasteiger partial charge in [0.05, 0.1) is 39.9 Å². The molecule has 3 N–H and O–H groups in total. The van der Waals surface area contributed by atoms with Gasteiger partial charge in [-0.05, 0) is 38.5 Å². The van der Waals surface area contributed by atoms with Crippen LogP contribution in [0.15, 0.2) is 12.2 Å². The van der Waals surface area contributed by atoms with Crippen LogP contribution in [0.2, 0.25) is 0 Å². The van der Waals surface area contributed by atoms with Crippen LogP contribution < -0.4 is 5.32 Å². The van der Waals surface area contributed by atoms with Gasteiger partial charge in [-0.15, -0.1) is 0 Å². The van der Waals surface area contributed by atoms with Crippen molar-refractivity contribution in [2.45, 2.75) is 199 Å². The van der Waals surface area contributed by atoms with Crippen molar-refractivity contribution in [2.75, 3.05) is 40.9 Å². The summed E-state index contributed by atoms with van der Waals surface area (Å²) in [5.41, 5.74) is 0. The molecule has 8 nitrogen and oxygen atoms in total. The van der Waals surface area contributed by atoms with E-state index in [0.29, 0.717) is 23.9 Å². The van der Waals surface area contributed by atoms with Crippen LogP contribution in [0.4, 0.5) is 0 Å². The first-order valence-corrected chi connectivity index (χ1v) is 22.0. The third kappa shape index (κ3) is 35.4. The second-order valence-corrected chi connectivity index (χ2v) is 16.8. The van der Waals surface area contributed by atoms with Gasteiger partial charge in [0.2, 0.25) is 5.91 Å². The minimum atomic E-state index is -4.31. The monoisotopic (exact) mass is 718 g/mol. The average molecular weight is 718 g/mol. The Hall–Kier alpha value is -0.760. The van der Waals surface area contributed by atoms with Gasteiger partial charge >= 0.3 is 7.82 Å². The minimum Gasteiger partial charge on any atom is -0.391 e. The van der Waals surface area contributed by atoms with Gasteiger partial charge in [0.1, 0.15) is 13.2 Å². The van der Waals surface area contributed by atoms with Crippen molar-refractivity contribution >= 4 is 13.7 Å². The molecular formula is C40H82N2O6P+. The van der Waals surface area contributed by atoms with Crippen molar-refractivity contribution in [1.82, 2.24) is 5.32 Å². The highest BCUT2D eigenvalue weighted by molar-refractivity contribution is 7.47. The number of quaternary nitrogens is 1. The Morgan fingerprint density at radius 3 is 1.57 bits per heavy atom. The fraction of sp³-hybridized carbons (Fsp3) is 0.925. The Morgan fingerprint density at radius 1 is 0.673 bits per heavy atom. The number of aliphatic hydroxyl groups is 1. The van der Waals surface area contributed by atoms with E-state index in [1.54, 1.807) is 0 Å². The van der Waals surface area contributed by atoms with E-state index < -0.39 is 20.0 Å². The number of carbonyl (C=O) groups excluding carboxylic acids is 1. The van der Waals surface area contributed by atoms with E-state index in [2.05, 4.69) is 31.3 Å². The number of nitrogens with one attached hydrogen (secondary N) is 1. The van der Waals surface area contributed by atoms with Crippen LogP contribution in [-0.4, -0.2) is 73.4 Å². The van der Waals surface area contributed by atoms with Crippen LogP contribution in [0.1, 0.15) is 187 Å². The minimum absolute atomic E-state index is 0.0717. The van der Waals surface area contributed by atoms with Crippen LogP contribution in [0.25, 0.3) is 0 Å². The molecule has 0 aromatic carbocycles. The molecule has 0 fully saturated rings. The molecule has 0 aromatic heterocycles. The van der Waals surface area contributed by atoms with E-state index in [1.807, 2.05) is 21.1 Å². The van der Waals surface area contributed by atoms with Gasteiger partial charge in [-0.1, -0.05) is 154 Å². The molecule has 0 aliphatic rings. The summed E-state index contributed by atoms with van der Waals surface area (Å²) < 4.78 is 23.5. The summed E-state index contributed by atoms with van der Waals surface area (Å²) in [5.74, 6) is -0.154. The summed E-state index contributed by atoms with van der Waals surface area (Å²) in [5, 5.41) is 13.8. The number of phosphoric acid groups is 1. The molecule has 9 heteroatoms. The summed E-state index contributed by atoms with van der Waals surface area (Å²) in [6.07, 6.45) is 35.3. The first-order valence-electron chi connectivity index (χ1n) is 20.6. The molecular weight excluding hydrogens is 635 g/mol. The molecule has 292 valence electrons. The lowest BCUT2D eigenvalue weighted by atomic mass is 10.0. The van der Waals surface area contributed by atoms with Gasteiger partial charge in [0, 0.05) is 6.42 Å². The van der Waals surface area contributed by atoms with Crippen LogP contribution in [0.3, 0.4) is 0 Å². The number of nitrogens with zero attached hydrogens (tertiary/aromatic N) is 1. The summed E-state index contributed by atoms with van der Waals surface area (Å²) in [4.78, 5) is 23.0. The summed E-state index contributed by atoms with van der Waals surface area (Å²) in [7, 11) is 1.60. The number of likely N-dealkylation sites (N-methyl/N-ethyl adjacent to an activating group) is 1. The molecule has 0 radical (unpaired) electrons. The predicted molar refractivity (Wildman–Crippen MR) is 208 cm³/mol. The highest BCUT2D eigenvalue weighted by Crippen LogP contribution is 2.43. The van der Waals surface area contributed by atoms with Crippen molar-refractivity contribution in [2.24, 2.45) is 0 Å². The predicted octanol–water partition coefficient (Wildman–Crippen LogP) is 10.8. The molecule has 0 aliphatic heterocycles. The lowest BCUT2D eigenvalue weighted by Crippen LogP contribution is -2.46. The molecule has 0 spiro atoms. The second kappa shape index (κ2) is 33.1. The third-order valence-corrected chi connectivity index (χ3v) is 10.2. The van der Waals surface area contributed by atoms with Crippen LogP contribution in [-0.2, 0) is 18.4 Å². The number of carbonyl (C=O) groups is 1. The van der Waals surface area contributed by atoms with Crippen LogP contribution in [0, 0.1) is 0 Å². The average Bonchev–Trinajstić information content (AvgIpc) is 3.04. The van der Waals surface area contributed by atoms with Gasteiger partial charge in [-0.3, -0.25) is 13.8 Å². The number of allylic oxidation sites excluding steroid dienone is 2. The van der Waals surface area contributed by atoms with Gasteiger partial charge in [-0.2, -0.15) is 0 Å². The summed E-state index contributed by atoms with van der Waals surface area (Å²) >= 11 is 0. The molecule has 0 saturated heterocycles. The zero-order valence-electron chi connectivity index (χ0n) is 32.9. The maximum absolute atomic E-state index is 12.8. The van der Waals surface area contributed by atoms with E-state index in [1.165, 1.54) is 116 Å². The molecule has 0 bridgehead atoms. The number of phosphoric ester groups is 1. The van der Waals surface area contributed by atoms with Crippen molar-refractivity contribution in [3.05, 3.63) is 12.2 Å². The highest BCUT2D eigenvalue weighted by atomic mass is 31.2. The highest BCUT2D eigenvalue weighted by Gasteiger charge is 2.28. The lowest BCUT2D eigenvalue weighted by Gasteiger charge is -2.26. The van der Waals surface area contributed by atoms with E-state index in [4.69, 9.17) is 9.05 Å². The molecule has 3 atom stereocenters. The SMILES string of the molecule is CCCCCC/C=C/CCCC[C@@H](O)[C@H](COP(=O)(O)OCC[N+](C)(C)C)NC(=O)CCCCCCCCCCCCCCCCCCC. The topological polar surface area (TPSA) is 105 Å². The van der Waals surface area contributed by atoms with E-state index in [0.717, 1.165) is 44.9 Å². The summed E-state index contributed by atoms with van der Waals surface area (Å²) in [6.45, 7) is 4.83. The lowest BCUT2D eigenvalue weighted by molar-refractivity contribution is -0.870. The van der Waals surface area contributed by atoms with Gasteiger partial charge in [0.25, 0.3) is 0 Å². The maximum atomic E-state index is 12.8. The quantitative estimate of drug-likeness (QED) is 0.0256.